The number of Topliss-reactive ketones (excluding diaryl/α,β-unsaturated/α-hetero) is 1. The summed E-state index contributed by atoms with van der Waals surface area (Å²) in [6.07, 6.45) is 10.4. The van der Waals surface area contributed by atoms with Crippen LogP contribution in [0.2, 0.25) is 0 Å². The minimum Gasteiger partial charge on any atom is -0.468 e. The van der Waals surface area contributed by atoms with Crippen LogP contribution in [0.3, 0.4) is 0 Å². The van der Waals surface area contributed by atoms with Crippen LogP contribution in [-0.4, -0.2) is 16.0 Å². The van der Waals surface area contributed by atoms with Crippen molar-refractivity contribution in [3.05, 3.63) is 123 Å². The fraction of sp³-hybridized carbons (Fsp3) is 0.400. The molecule has 0 aliphatic heterocycles. The SMILES string of the molecule is CCC(=O)c1cc(Br)co1.CCC(O)c1cc(Br)co1.CC[C@@H](O)c1cc(Br)co1.CC[C@H](N)c1cc(Br)co1.CC[C@H](N=[N+]=[N-])c1cc(Br)co1. The van der Waals surface area contributed by atoms with Crippen molar-refractivity contribution in [2.75, 3.05) is 0 Å². The molecule has 5 aromatic rings. The van der Waals surface area contributed by atoms with Gasteiger partial charge in [-0.2, -0.15) is 0 Å². The van der Waals surface area contributed by atoms with Crippen molar-refractivity contribution < 1.29 is 37.1 Å². The van der Waals surface area contributed by atoms with Gasteiger partial charge in [0.2, 0.25) is 0 Å². The van der Waals surface area contributed by atoms with E-state index in [-0.39, 0.29) is 17.9 Å². The highest BCUT2D eigenvalue weighted by atomic mass is 79.9. The number of carbonyl (C=O) groups excluding carboxylic acids is 1. The van der Waals surface area contributed by atoms with Crippen LogP contribution in [0.25, 0.3) is 10.4 Å². The maximum atomic E-state index is 10.9. The zero-order valence-electron chi connectivity index (χ0n) is 29.3. The molecule has 0 saturated carbocycles. The zero-order chi connectivity index (χ0) is 39.2. The van der Waals surface area contributed by atoms with Crippen LogP contribution >= 0.6 is 79.6 Å². The lowest BCUT2D eigenvalue weighted by Crippen LogP contribution is -2.06. The highest BCUT2D eigenvalue weighted by molar-refractivity contribution is 9.11. The quantitative estimate of drug-likeness (QED) is 0.0499. The molecule has 0 bridgehead atoms. The van der Waals surface area contributed by atoms with Gasteiger partial charge in [-0.05, 0) is 135 Å². The molecule has 0 aliphatic rings. The van der Waals surface area contributed by atoms with Gasteiger partial charge in [-0.3, -0.25) is 4.79 Å². The van der Waals surface area contributed by atoms with Crippen LogP contribution in [0.15, 0.2) is 111 Å². The second-order valence-corrected chi connectivity index (χ2v) is 15.1. The van der Waals surface area contributed by atoms with Crippen molar-refractivity contribution in [1.82, 2.24) is 0 Å². The molecule has 12 nitrogen and oxygen atoms in total. The number of aliphatic hydroxyl groups is 2. The molecule has 0 saturated heterocycles. The average molecular weight is 1050 g/mol. The molecule has 286 valence electrons. The minimum atomic E-state index is -0.466. The van der Waals surface area contributed by atoms with Crippen molar-refractivity contribution in [1.29, 1.82) is 0 Å². The summed E-state index contributed by atoms with van der Waals surface area (Å²) in [6, 6.07) is 8.76. The second kappa shape index (κ2) is 26.4. The van der Waals surface area contributed by atoms with Crippen LogP contribution in [0.4, 0.5) is 0 Å². The molecule has 0 fully saturated rings. The largest absolute Gasteiger partial charge is 0.468 e. The third kappa shape index (κ3) is 18.1. The molecule has 5 heterocycles. The lowest BCUT2D eigenvalue weighted by molar-refractivity contribution is 0.0961. The Labute approximate surface area is 345 Å². The molecule has 4 atom stereocenters. The van der Waals surface area contributed by atoms with E-state index in [1.54, 1.807) is 50.2 Å². The summed E-state index contributed by atoms with van der Waals surface area (Å²) >= 11 is 16.2. The summed E-state index contributed by atoms with van der Waals surface area (Å²) < 4.78 is 29.6. The Kier molecular flexibility index (Phi) is 24.2. The van der Waals surface area contributed by atoms with Gasteiger partial charge in [0.15, 0.2) is 11.5 Å². The zero-order valence-corrected chi connectivity index (χ0v) is 37.2. The van der Waals surface area contributed by atoms with Gasteiger partial charge in [-0.25, -0.2) is 0 Å². The molecular formula is C35H43Br5N4O8. The first kappa shape index (κ1) is 47.7. The summed E-state index contributed by atoms with van der Waals surface area (Å²) in [6.45, 7) is 9.58. The Morgan fingerprint density at radius 1 is 0.654 bits per heavy atom. The predicted molar refractivity (Wildman–Crippen MR) is 217 cm³/mol. The lowest BCUT2D eigenvalue weighted by Gasteiger charge is -2.01. The number of carbonyl (C=O) groups is 1. The third-order valence-electron chi connectivity index (χ3n) is 6.66. The van der Waals surface area contributed by atoms with E-state index < -0.39 is 12.2 Å². The van der Waals surface area contributed by atoms with Crippen LogP contribution in [-0.2, 0) is 0 Å². The molecule has 0 aromatic carbocycles. The Bertz CT molecular complexity index is 1650. The maximum absolute atomic E-state index is 10.9. The molecule has 4 N–H and O–H groups in total. The molecule has 0 radical (unpaired) electrons. The van der Waals surface area contributed by atoms with Crippen LogP contribution in [0, 0.1) is 0 Å². The Hall–Kier alpha value is -2.34. The van der Waals surface area contributed by atoms with Gasteiger partial charge < -0.3 is 38.0 Å². The van der Waals surface area contributed by atoms with Crippen molar-refractivity contribution in [2.45, 2.75) is 91.0 Å². The standard InChI is InChI=1S/C7H8BrN3O.C7H10BrNO.2C7H9BrO2.C7H7BrO2/c1-2-6(10-11-9)7-3-5(8)4-12-7;4*1-2-6(9)7-3-5(8)4-10-7/h3-4,6H,2H2,1H3;3-4,6H,2,9H2,1H3;2*3-4,6,9H,2H2,1H3;3-4H,2H2,1H3/t3*6-;;/m001../s1. The first-order valence-corrected chi connectivity index (χ1v) is 20.1. The summed E-state index contributed by atoms with van der Waals surface area (Å²) in [5, 5.41) is 22.0. The number of rotatable bonds is 11. The van der Waals surface area contributed by atoms with Gasteiger partial charge in [0, 0.05) is 17.4 Å². The number of nitrogens with zero attached hydrogens (tertiary/aromatic N) is 3. The molecule has 0 spiro atoms. The average Bonchev–Trinajstić information content (AvgIpc) is 4.01. The number of nitrogens with two attached hydrogens (primary N) is 1. The molecule has 1 unspecified atom stereocenters. The number of hydrogen-bond acceptors (Lipinski definition) is 10. The van der Waals surface area contributed by atoms with Gasteiger partial charge in [-0.1, -0.05) is 39.7 Å². The van der Waals surface area contributed by atoms with Gasteiger partial charge in [0.1, 0.15) is 66.6 Å². The first-order valence-electron chi connectivity index (χ1n) is 16.1. The molecule has 0 aliphatic carbocycles. The molecular weight excluding hydrogens is 1000 g/mol. The fourth-order valence-electron chi connectivity index (χ4n) is 3.67. The highest BCUT2D eigenvalue weighted by Gasteiger charge is 2.11. The normalized spacial score (nSPS) is 12.5. The van der Waals surface area contributed by atoms with E-state index in [9.17, 15) is 15.0 Å². The number of aliphatic hydroxyl groups excluding tert-OH is 2. The predicted octanol–water partition coefficient (Wildman–Crippen LogP) is 13.9. The first-order chi connectivity index (χ1) is 24.7. The Morgan fingerprint density at radius 3 is 1.33 bits per heavy atom. The molecule has 5 aromatic heterocycles. The van der Waals surface area contributed by atoms with Gasteiger partial charge in [-0.15, -0.1) is 0 Å². The number of hydrogen-bond donors (Lipinski definition) is 3. The summed E-state index contributed by atoms with van der Waals surface area (Å²) in [7, 11) is 0. The van der Waals surface area contributed by atoms with Crippen molar-refractivity contribution >= 4 is 85.4 Å². The Morgan fingerprint density at radius 2 is 1.04 bits per heavy atom. The Balaban J connectivity index is 0.000000326. The second-order valence-electron chi connectivity index (χ2n) is 10.6. The third-order valence-corrected chi connectivity index (χ3v) is 8.74. The van der Waals surface area contributed by atoms with Gasteiger partial charge >= 0.3 is 0 Å². The van der Waals surface area contributed by atoms with Crippen LogP contribution in [0.1, 0.15) is 125 Å². The van der Waals surface area contributed by atoms with E-state index in [0.717, 1.165) is 41.0 Å². The number of azide groups is 1. The van der Waals surface area contributed by atoms with E-state index in [2.05, 4.69) is 89.7 Å². The smallest absolute Gasteiger partial charge is 0.197 e. The minimum absolute atomic E-state index is 0.0331. The summed E-state index contributed by atoms with van der Waals surface area (Å²) in [5.41, 5.74) is 13.9. The van der Waals surface area contributed by atoms with Crippen LogP contribution in [0.5, 0.6) is 0 Å². The number of furan rings is 5. The fourth-order valence-corrected chi connectivity index (χ4v) is 5.25. The molecule has 17 heteroatoms. The lowest BCUT2D eigenvalue weighted by atomic mass is 10.2. The van der Waals surface area contributed by atoms with Gasteiger partial charge in [0.05, 0.1) is 34.4 Å². The summed E-state index contributed by atoms with van der Waals surface area (Å²) in [5.74, 6) is 3.24. The van der Waals surface area contributed by atoms with E-state index in [1.807, 2.05) is 39.8 Å². The van der Waals surface area contributed by atoms with Gasteiger partial charge in [0.25, 0.3) is 0 Å². The number of halogens is 5. The number of ketones is 1. The van der Waals surface area contributed by atoms with E-state index in [4.69, 9.17) is 33.4 Å². The molecule has 5 rings (SSSR count). The van der Waals surface area contributed by atoms with Crippen molar-refractivity contribution in [2.24, 2.45) is 10.8 Å². The van der Waals surface area contributed by atoms with Crippen molar-refractivity contribution in [3.8, 4) is 0 Å². The monoisotopic (exact) mass is 1040 g/mol. The maximum Gasteiger partial charge on any atom is 0.197 e. The highest BCUT2D eigenvalue weighted by Crippen LogP contribution is 2.26. The van der Waals surface area contributed by atoms with E-state index >= 15 is 0 Å². The molecule has 0 amide bonds. The van der Waals surface area contributed by atoms with E-state index in [1.165, 1.54) is 6.26 Å². The molecule has 52 heavy (non-hydrogen) atoms. The van der Waals surface area contributed by atoms with Crippen molar-refractivity contribution in [3.63, 3.8) is 0 Å². The topological polar surface area (TPSA) is 198 Å². The summed E-state index contributed by atoms with van der Waals surface area (Å²) in [4.78, 5) is 13.7. The van der Waals surface area contributed by atoms with E-state index in [0.29, 0.717) is 42.3 Å². The van der Waals surface area contributed by atoms with Crippen LogP contribution < -0.4 is 5.73 Å².